The van der Waals surface area contributed by atoms with Gasteiger partial charge in [-0.3, -0.25) is 0 Å². The van der Waals surface area contributed by atoms with Crippen molar-refractivity contribution in [3.8, 4) is 0 Å². The third-order valence-corrected chi connectivity index (χ3v) is 9.13. The van der Waals surface area contributed by atoms with Gasteiger partial charge < -0.3 is 9.67 Å². The molecule has 29 heavy (non-hydrogen) atoms. The summed E-state index contributed by atoms with van der Waals surface area (Å²) >= 11 is 0. The third-order valence-electron chi connectivity index (χ3n) is 5.79. The molecule has 0 amide bonds. The molecule has 152 valence electrons. The first-order valence-corrected chi connectivity index (χ1v) is 11.8. The normalized spacial score (nSPS) is 12.8. The Morgan fingerprint density at radius 2 is 1.03 bits per heavy atom. The minimum Gasteiger partial charge on any atom is -0.380 e. The lowest BCUT2D eigenvalue weighted by Gasteiger charge is -2.30. The summed E-state index contributed by atoms with van der Waals surface area (Å²) in [6.07, 6.45) is 0. The van der Waals surface area contributed by atoms with Crippen LogP contribution in [0.3, 0.4) is 0 Å². The van der Waals surface area contributed by atoms with E-state index >= 15 is 4.57 Å². The molecule has 0 aliphatic carbocycles. The smallest absolute Gasteiger partial charge is 0.175 e. The minimum absolute atomic E-state index is 0.748. The number of hydrogen-bond donors (Lipinski definition) is 1. The Bertz CT molecular complexity index is 1050. The Labute approximate surface area is 175 Å². The number of rotatable bonds is 4. The molecule has 3 aromatic rings. The van der Waals surface area contributed by atoms with Gasteiger partial charge in [0, 0.05) is 10.6 Å². The largest absolute Gasteiger partial charge is 0.380 e. The molecule has 1 N–H and O–H groups in total. The number of aliphatic hydroxyl groups excluding tert-OH is 1. The fraction of sp³-hybridized carbons (Fsp3) is 0.308. The van der Waals surface area contributed by atoms with Crippen LogP contribution in [0.15, 0.2) is 48.5 Å². The molecule has 3 heteroatoms. The zero-order chi connectivity index (χ0) is 21.5. The Kier molecular flexibility index (Phi) is 5.90. The molecule has 1 unspecified atom stereocenters. The second-order valence-corrected chi connectivity index (χ2v) is 11.2. The van der Waals surface area contributed by atoms with Crippen LogP contribution < -0.4 is 10.6 Å². The number of hydrogen-bond acceptors (Lipinski definition) is 2. The van der Waals surface area contributed by atoms with Crippen molar-refractivity contribution in [2.45, 2.75) is 54.3 Å². The molecular formula is C26H31O2P. The van der Waals surface area contributed by atoms with Crippen LogP contribution >= 0.6 is 7.14 Å². The van der Waals surface area contributed by atoms with Gasteiger partial charge in [-0.2, -0.15) is 0 Å². The molecule has 3 aromatic carbocycles. The standard InChI is InChI=1S/C26H31O2P/c1-16-8-10-19(4)23(14-16)29(28,24-15-17(2)9-11-20(24)5)26(27)25-21(6)12-18(3)13-22(25)7/h8-15,26-27H,1-7H3. The maximum absolute atomic E-state index is 15.0. The molecule has 2 nitrogen and oxygen atoms in total. The molecule has 0 aromatic heterocycles. The molecule has 0 fully saturated rings. The first-order valence-electron chi connectivity index (χ1n) is 10.1. The number of aliphatic hydroxyl groups is 1. The summed E-state index contributed by atoms with van der Waals surface area (Å²) in [5.74, 6) is -1.09. The maximum Gasteiger partial charge on any atom is 0.175 e. The van der Waals surface area contributed by atoms with E-state index in [1.807, 2.05) is 84.9 Å². The molecule has 0 spiro atoms. The lowest BCUT2D eigenvalue weighted by molar-refractivity contribution is 0.255. The van der Waals surface area contributed by atoms with Crippen molar-refractivity contribution in [3.63, 3.8) is 0 Å². The van der Waals surface area contributed by atoms with Gasteiger partial charge in [0.25, 0.3) is 0 Å². The Hall–Kier alpha value is -2.15. The van der Waals surface area contributed by atoms with Crippen LogP contribution in [0, 0.1) is 48.5 Å². The topological polar surface area (TPSA) is 37.3 Å². The highest BCUT2D eigenvalue weighted by Crippen LogP contribution is 2.58. The van der Waals surface area contributed by atoms with Gasteiger partial charge in [0.2, 0.25) is 0 Å². The zero-order valence-electron chi connectivity index (χ0n) is 18.5. The summed E-state index contributed by atoms with van der Waals surface area (Å²) in [6.45, 7) is 14.0. The molecule has 0 saturated carbocycles. The van der Waals surface area contributed by atoms with E-state index in [1.165, 1.54) is 0 Å². The van der Waals surface area contributed by atoms with E-state index in [9.17, 15) is 5.11 Å². The minimum atomic E-state index is -3.38. The molecule has 0 heterocycles. The zero-order valence-corrected chi connectivity index (χ0v) is 19.4. The van der Waals surface area contributed by atoms with Crippen molar-refractivity contribution in [3.05, 3.63) is 93.0 Å². The van der Waals surface area contributed by atoms with E-state index in [0.717, 1.165) is 55.1 Å². The van der Waals surface area contributed by atoms with Crippen molar-refractivity contribution in [2.75, 3.05) is 0 Å². The predicted molar refractivity (Wildman–Crippen MR) is 124 cm³/mol. The number of aryl methyl sites for hydroxylation is 7. The van der Waals surface area contributed by atoms with E-state index in [2.05, 4.69) is 12.1 Å². The Morgan fingerprint density at radius 1 is 0.621 bits per heavy atom. The van der Waals surface area contributed by atoms with Crippen LogP contribution in [-0.4, -0.2) is 5.11 Å². The van der Waals surface area contributed by atoms with E-state index in [4.69, 9.17) is 0 Å². The molecular weight excluding hydrogens is 375 g/mol. The molecule has 0 bridgehead atoms. The van der Waals surface area contributed by atoms with Crippen molar-refractivity contribution in [1.29, 1.82) is 0 Å². The summed E-state index contributed by atoms with van der Waals surface area (Å²) in [5.41, 5.74) is 7.85. The van der Waals surface area contributed by atoms with Crippen LogP contribution in [0.25, 0.3) is 0 Å². The summed E-state index contributed by atoms with van der Waals surface area (Å²) in [6, 6.07) is 16.2. The lowest BCUT2D eigenvalue weighted by atomic mass is 10.0. The Morgan fingerprint density at radius 3 is 1.45 bits per heavy atom. The van der Waals surface area contributed by atoms with Crippen molar-refractivity contribution < 1.29 is 9.67 Å². The molecule has 0 aliphatic rings. The predicted octanol–water partition coefficient (Wildman–Crippen LogP) is 5.85. The van der Waals surface area contributed by atoms with Crippen LogP contribution in [0.4, 0.5) is 0 Å². The third kappa shape index (κ3) is 3.84. The van der Waals surface area contributed by atoms with Crippen LogP contribution in [0.5, 0.6) is 0 Å². The first-order chi connectivity index (χ1) is 13.6. The van der Waals surface area contributed by atoms with E-state index in [0.29, 0.717) is 0 Å². The monoisotopic (exact) mass is 406 g/mol. The van der Waals surface area contributed by atoms with E-state index in [1.54, 1.807) is 0 Å². The summed E-state index contributed by atoms with van der Waals surface area (Å²) in [5, 5.41) is 13.3. The second-order valence-electron chi connectivity index (χ2n) is 8.42. The summed E-state index contributed by atoms with van der Waals surface area (Å²) < 4.78 is 15.0. The van der Waals surface area contributed by atoms with Crippen LogP contribution in [0.1, 0.15) is 50.4 Å². The van der Waals surface area contributed by atoms with Gasteiger partial charge in [-0.15, -0.1) is 0 Å². The molecule has 3 rings (SSSR count). The van der Waals surface area contributed by atoms with Gasteiger partial charge in [0.05, 0.1) is 0 Å². The van der Waals surface area contributed by atoms with Crippen molar-refractivity contribution in [2.24, 2.45) is 0 Å². The first kappa shape index (κ1) is 21.6. The molecule has 0 aliphatic heterocycles. The summed E-state index contributed by atoms with van der Waals surface area (Å²) in [4.78, 5) is 0. The van der Waals surface area contributed by atoms with Crippen molar-refractivity contribution >= 4 is 17.8 Å². The average molecular weight is 407 g/mol. The molecule has 1 atom stereocenters. The van der Waals surface area contributed by atoms with Gasteiger partial charge >= 0.3 is 0 Å². The summed E-state index contributed by atoms with van der Waals surface area (Å²) in [7, 11) is -3.38. The quantitative estimate of drug-likeness (QED) is 0.552. The highest BCUT2D eigenvalue weighted by Gasteiger charge is 2.40. The van der Waals surface area contributed by atoms with Gasteiger partial charge in [-0.1, -0.05) is 53.1 Å². The van der Waals surface area contributed by atoms with Crippen molar-refractivity contribution in [1.82, 2.24) is 0 Å². The van der Waals surface area contributed by atoms with E-state index in [-0.39, 0.29) is 0 Å². The fourth-order valence-corrected chi connectivity index (χ4v) is 7.87. The van der Waals surface area contributed by atoms with Crippen LogP contribution in [0.2, 0.25) is 0 Å². The highest BCUT2D eigenvalue weighted by molar-refractivity contribution is 7.79. The fourth-order valence-electron chi connectivity index (χ4n) is 4.33. The molecule has 0 saturated heterocycles. The van der Waals surface area contributed by atoms with E-state index < -0.39 is 13.0 Å². The van der Waals surface area contributed by atoms with Gasteiger partial charge in [0.1, 0.15) is 5.85 Å². The SMILES string of the molecule is Cc1cc(C)c(C(O)P(=O)(c2cc(C)ccc2C)c2cc(C)ccc2C)c(C)c1. The average Bonchev–Trinajstić information content (AvgIpc) is 2.64. The highest BCUT2D eigenvalue weighted by atomic mass is 31.2. The maximum atomic E-state index is 15.0. The molecule has 0 radical (unpaired) electrons. The van der Waals surface area contributed by atoms with Crippen LogP contribution in [-0.2, 0) is 4.57 Å². The van der Waals surface area contributed by atoms with Gasteiger partial charge in [-0.05, 0) is 88.4 Å². The van der Waals surface area contributed by atoms with Gasteiger partial charge in [-0.25, -0.2) is 0 Å². The number of benzene rings is 3. The second kappa shape index (κ2) is 7.94. The Balaban J connectivity index is 2.40. The lowest BCUT2D eigenvalue weighted by Crippen LogP contribution is -2.26. The van der Waals surface area contributed by atoms with Gasteiger partial charge in [0.15, 0.2) is 7.14 Å².